The normalized spacial score (nSPS) is 11.3. The number of carbonyl (C=O) groups excluding carboxylic acids is 1. The van der Waals surface area contributed by atoms with Gasteiger partial charge in [0, 0.05) is 31.9 Å². The molecule has 8 heteroatoms. The molecule has 8 nitrogen and oxygen atoms in total. The Hall–Kier alpha value is -3.29. The van der Waals surface area contributed by atoms with Crippen molar-refractivity contribution in [1.82, 2.24) is 34.4 Å². The second-order valence-electron chi connectivity index (χ2n) is 5.84. The third-order valence-electron chi connectivity index (χ3n) is 4.14. The molecule has 3 heterocycles. The van der Waals surface area contributed by atoms with Crippen molar-refractivity contribution >= 4 is 22.7 Å². The topological polar surface area (TPSA) is 90.0 Å². The number of carbonyl (C=O) groups is 1. The van der Waals surface area contributed by atoms with Gasteiger partial charge in [0.2, 0.25) is 5.82 Å². The Labute approximate surface area is 143 Å². The van der Waals surface area contributed by atoms with Crippen LogP contribution in [0.25, 0.3) is 16.8 Å². The highest BCUT2D eigenvalue weighted by atomic mass is 16.2. The third-order valence-corrected chi connectivity index (χ3v) is 4.14. The fraction of sp³-hybridized carbons (Fsp3) is 0.235. The molecule has 126 valence electrons. The lowest BCUT2D eigenvalue weighted by molar-refractivity contribution is 0.0942. The second kappa shape index (κ2) is 5.97. The smallest absolute Gasteiger partial charge is 0.289 e. The molecular formula is C17H17N7O. The van der Waals surface area contributed by atoms with Crippen LogP contribution in [0.15, 0.2) is 36.5 Å². The van der Waals surface area contributed by atoms with Crippen molar-refractivity contribution in [1.29, 1.82) is 0 Å². The Bertz CT molecular complexity index is 1080. The summed E-state index contributed by atoms with van der Waals surface area (Å²) in [5.41, 5.74) is 2.86. The van der Waals surface area contributed by atoms with Gasteiger partial charge >= 0.3 is 0 Å². The molecule has 0 aliphatic carbocycles. The van der Waals surface area contributed by atoms with Crippen molar-refractivity contribution in [3.8, 4) is 0 Å². The van der Waals surface area contributed by atoms with Gasteiger partial charge in [0.15, 0.2) is 0 Å². The number of para-hydroxylation sites is 2. The number of hydrogen-bond acceptors (Lipinski definition) is 5. The van der Waals surface area contributed by atoms with Crippen molar-refractivity contribution in [2.75, 3.05) is 6.54 Å². The quantitative estimate of drug-likeness (QED) is 0.607. The molecule has 1 N–H and O–H groups in total. The molecule has 25 heavy (non-hydrogen) atoms. The fourth-order valence-corrected chi connectivity index (χ4v) is 2.81. The summed E-state index contributed by atoms with van der Waals surface area (Å²) in [5, 5.41) is 10.7. The molecule has 4 rings (SSSR count). The molecule has 0 bridgehead atoms. The molecule has 0 atom stereocenters. The van der Waals surface area contributed by atoms with Crippen LogP contribution in [0.3, 0.4) is 0 Å². The molecule has 0 unspecified atom stereocenters. The van der Waals surface area contributed by atoms with Gasteiger partial charge in [-0.25, -0.2) is 9.97 Å². The van der Waals surface area contributed by atoms with Gasteiger partial charge in [-0.15, -0.1) is 10.2 Å². The van der Waals surface area contributed by atoms with E-state index in [1.807, 2.05) is 48.9 Å². The summed E-state index contributed by atoms with van der Waals surface area (Å²) in [6, 6.07) is 9.78. The highest BCUT2D eigenvalue weighted by molar-refractivity contribution is 5.91. The average Bonchev–Trinajstić information content (AvgIpc) is 3.16. The Kier molecular flexibility index (Phi) is 3.64. The minimum absolute atomic E-state index is 0.229. The van der Waals surface area contributed by atoms with Crippen molar-refractivity contribution in [2.45, 2.75) is 13.3 Å². The Morgan fingerprint density at radius 2 is 2.00 bits per heavy atom. The lowest BCUT2D eigenvalue weighted by Crippen LogP contribution is -2.28. The first-order valence-electron chi connectivity index (χ1n) is 8.00. The first-order valence-corrected chi connectivity index (χ1v) is 8.00. The number of nitrogens with one attached hydrogen (secondary N) is 1. The second-order valence-corrected chi connectivity index (χ2v) is 5.84. The van der Waals surface area contributed by atoms with E-state index in [1.165, 1.54) is 0 Å². The molecule has 0 fully saturated rings. The van der Waals surface area contributed by atoms with Crippen LogP contribution < -0.4 is 5.32 Å². The minimum Gasteiger partial charge on any atom is -0.349 e. The highest BCUT2D eigenvalue weighted by Gasteiger charge is 2.15. The standard InChI is InChI=1S/C17H17N7O/c1-11-8-10-24-15(21-22-17(24)19-11)16(25)18-9-7-14-20-12-5-3-4-6-13(12)23(14)2/h3-6,8,10H,7,9H2,1-2H3,(H,18,25). The first-order chi connectivity index (χ1) is 12.1. The molecule has 4 aromatic rings. The van der Waals surface area contributed by atoms with Crippen LogP contribution in [-0.2, 0) is 13.5 Å². The monoisotopic (exact) mass is 335 g/mol. The van der Waals surface area contributed by atoms with Crippen LogP contribution in [0.2, 0.25) is 0 Å². The predicted octanol–water partition coefficient (Wildman–Crippen LogP) is 1.29. The van der Waals surface area contributed by atoms with Crippen molar-refractivity contribution in [3.05, 3.63) is 53.9 Å². The molecule has 1 amide bonds. The maximum atomic E-state index is 12.4. The van der Waals surface area contributed by atoms with E-state index in [0.29, 0.717) is 18.7 Å². The summed E-state index contributed by atoms with van der Waals surface area (Å²) in [7, 11) is 1.98. The van der Waals surface area contributed by atoms with E-state index < -0.39 is 0 Å². The van der Waals surface area contributed by atoms with Crippen LogP contribution in [0, 0.1) is 6.92 Å². The number of aromatic nitrogens is 6. The van der Waals surface area contributed by atoms with Crippen molar-refractivity contribution in [2.24, 2.45) is 7.05 Å². The molecule has 0 radical (unpaired) electrons. The number of imidazole rings is 1. The Balaban J connectivity index is 1.47. The van der Waals surface area contributed by atoms with Crippen LogP contribution in [0.4, 0.5) is 0 Å². The van der Waals surface area contributed by atoms with Gasteiger partial charge in [-0.05, 0) is 25.1 Å². The van der Waals surface area contributed by atoms with E-state index in [2.05, 4.69) is 25.5 Å². The molecule has 0 saturated carbocycles. The summed E-state index contributed by atoms with van der Waals surface area (Å²) < 4.78 is 3.62. The van der Waals surface area contributed by atoms with Crippen molar-refractivity contribution < 1.29 is 4.79 Å². The van der Waals surface area contributed by atoms with E-state index in [-0.39, 0.29) is 11.7 Å². The van der Waals surface area contributed by atoms with E-state index >= 15 is 0 Å². The third kappa shape index (κ3) is 2.71. The number of aryl methyl sites for hydroxylation is 2. The SMILES string of the molecule is Cc1ccn2c(C(=O)NCCc3nc4ccccc4n3C)nnc2n1. The molecule has 0 aliphatic heterocycles. The number of nitrogens with zero attached hydrogens (tertiary/aromatic N) is 6. The summed E-state index contributed by atoms with van der Waals surface area (Å²) in [5.74, 6) is 1.29. The number of fused-ring (bicyclic) bond motifs is 2. The lowest BCUT2D eigenvalue weighted by atomic mass is 10.3. The van der Waals surface area contributed by atoms with E-state index in [1.54, 1.807) is 10.6 Å². The van der Waals surface area contributed by atoms with Crippen LogP contribution >= 0.6 is 0 Å². The molecular weight excluding hydrogens is 318 g/mol. The molecule has 1 aromatic carbocycles. The zero-order valence-electron chi connectivity index (χ0n) is 14.0. The lowest BCUT2D eigenvalue weighted by Gasteiger charge is -2.05. The van der Waals surface area contributed by atoms with Gasteiger partial charge in [0.25, 0.3) is 11.7 Å². The van der Waals surface area contributed by atoms with Crippen LogP contribution in [0.1, 0.15) is 22.1 Å². The van der Waals surface area contributed by atoms with Gasteiger partial charge in [-0.2, -0.15) is 0 Å². The van der Waals surface area contributed by atoms with Crippen molar-refractivity contribution in [3.63, 3.8) is 0 Å². The summed E-state index contributed by atoms with van der Waals surface area (Å²) in [6.07, 6.45) is 2.38. The maximum absolute atomic E-state index is 12.4. The number of amides is 1. The van der Waals surface area contributed by atoms with Crippen LogP contribution in [0.5, 0.6) is 0 Å². The summed E-state index contributed by atoms with van der Waals surface area (Å²) in [6.45, 7) is 2.33. The van der Waals surface area contributed by atoms with Gasteiger partial charge in [-0.3, -0.25) is 9.20 Å². The number of rotatable bonds is 4. The zero-order valence-corrected chi connectivity index (χ0v) is 14.0. The average molecular weight is 335 g/mol. The highest BCUT2D eigenvalue weighted by Crippen LogP contribution is 2.14. The molecule has 0 aliphatic rings. The number of benzene rings is 1. The Morgan fingerprint density at radius 3 is 2.84 bits per heavy atom. The summed E-state index contributed by atoms with van der Waals surface area (Å²) >= 11 is 0. The fourth-order valence-electron chi connectivity index (χ4n) is 2.81. The first kappa shape index (κ1) is 15.3. The van der Waals surface area contributed by atoms with E-state index in [4.69, 9.17) is 0 Å². The maximum Gasteiger partial charge on any atom is 0.289 e. The molecule has 0 spiro atoms. The number of hydrogen-bond donors (Lipinski definition) is 1. The predicted molar refractivity (Wildman–Crippen MR) is 92.3 cm³/mol. The van der Waals surface area contributed by atoms with Gasteiger partial charge in [0.05, 0.1) is 11.0 Å². The zero-order chi connectivity index (χ0) is 17.4. The Morgan fingerprint density at radius 1 is 1.16 bits per heavy atom. The van der Waals surface area contributed by atoms with Crippen LogP contribution in [-0.4, -0.2) is 41.6 Å². The summed E-state index contributed by atoms with van der Waals surface area (Å²) in [4.78, 5) is 21.2. The van der Waals surface area contributed by atoms with E-state index in [0.717, 1.165) is 22.6 Å². The van der Waals surface area contributed by atoms with Gasteiger partial charge < -0.3 is 9.88 Å². The van der Waals surface area contributed by atoms with Gasteiger partial charge in [-0.1, -0.05) is 12.1 Å². The molecule has 0 saturated heterocycles. The van der Waals surface area contributed by atoms with Gasteiger partial charge in [0.1, 0.15) is 5.82 Å². The largest absolute Gasteiger partial charge is 0.349 e. The van der Waals surface area contributed by atoms with E-state index in [9.17, 15) is 4.79 Å². The molecule has 3 aromatic heterocycles. The minimum atomic E-state index is -0.281.